The molecule has 0 aliphatic carbocycles. The Bertz CT molecular complexity index is 735. The Morgan fingerprint density at radius 1 is 1.00 bits per heavy atom. The molecule has 4 N–H and O–H groups in total. The SMILES string of the molecule is O=C(CCCCCCNC(=O)c1ccc(C(O)Cc2ccccn2)cc1)NO. The van der Waals surface area contributed by atoms with E-state index in [1.807, 2.05) is 18.2 Å². The van der Waals surface area contributed by atoms with Crippen LogP contribution in [-0.2, 0) is 11.2 Å². The molecule has 0 aliphatic heterocycles. The van der Waals surface area contributed by atoms with Crippen molar-refractivity contribution < 1.29 is 19.9 Å². The highest BCUT2D eigenvalue weighted by atomic mass is 16.5. The van der Waals surface area contributed by atoms with Crippen LogP contribution < -0.4 is 10.8 Å². The zero-order valence-corrected chi connectivity index (χ0v) is 15.8. The van der Waals surface area contributed by atoms with Gasteiger partial charge in [-0.3, -0.25) is 19.8 Å². The molecule has 2 aromatic rings. The number of amides is 2. The minimum absolute atomic E-state index is 0.148. The predicted octanol–water partition coefficient (Wildman–Crippen LogP) is 2.54. The van der Waals surface area contributed by atoms with Crippen molar-refractivity contribution in [2.75, 3.05) is 6.54 Å². The number of aliphatic hydroxyl groups is 1. The van der Waals surface area contributed by atoms with Gasteiger partial charge < -0.3 is 10.4 Å². The van der Waals surface area contributed by atoms with Gasteiger partial charge in [0, 0.05) is 36.8 Å². The van der Waals surface area contributed by atoms with Crippen LogP contribution in [0.15, 0.2) is 48.7 Å². The van der Waals surface area contributed by atoms with Crippen LogP contribution >= 0.6 is 0 Å². The number of aliphatic hydroxyl groups excluding tert-OH is 1. The summed E-state index contributed by atoms with van der Waals surface area (Å²) in [6.45, 7) is 0.565. The normalized spacial score (nSPS) is 11.6. The van der Waals surface area contributed by atoms with Crippen LogP contribution in [0.2, 0.25) is 0 Å². The fourth-order valence-electron chi connectivity index (χ4n) is 2.82. The second kappa shape index (κ2) is 11.8. The third-order valence-corrected chi connectivity index (χ3v) is 4.43. The first-order valence-electron chi connectivity index (χ1n) is 9.49. The van der Waals surface area contributed by atoms with Gasteiger partial charge in [0.25, 0.3) is 5.91 Å². The molecule has 7 nitrogen and oxygen atoms in total. The molecule has 0 saturated heterocycles. The third-order valence-electron chi connectivity index (χ3n) is 4.43. The number of hydroxylamine groups is 1. The lowest BCUT2D eigenvalue weighted by atomic mass is 10.0. The van der Waals surface area contributed by atoms with E-state index in [2.05, 4.69) is 10.3 Å². The van der Waals surface area contributed by atoms with Crippen molar-refractivity contribution in [3.05, 3.63) is 65.5 Å². The van der Waals surface area contributed by atoms with Crippen LogP contribution in [0.5, 0.6) is 0 Å². The summed E-state index contributed by atoms with van der Waals surface area (Å²) >= 11 is 0. The Kier molecular flexibility index (Phi) is 9.10. The molecule has 1 unspecified atom stereocenters. The van der Waals surface area contributed by atoms with E-state index < -0.39 is 6.10 Å². The topological polar surface area (TPSA) is 112 Å². The van der Waals surface area contributed by atoms with Gasteiger partial charge in [0.05, 0.1) is 6.10 Å². The van der Waals surface area contributed by atoms with Gasteiger partial charge in [-0.15, -0.1) is 0 Å². The van der Waals surface area contributed by atoms with Crippen molar-refractivity contribution in [2.45, 2.75) is 44.6 Å². The molecule has 0 saturated carbocycles. The van der Waals surface area contributed by atoms with Crippen LogP contribution in [0.3, 0.4) is 0 Å². The first-order chi connectivity index (χ1) is 13.6. The van der Waals surface area contributed by atoms with Gasteiger partial charge in [0.1, 0.15) is 0 Å². The predicted molar refractivity (Wildman–Crippen MR) is 105 cm³/mol. The number of nitrogens with zero attached hydrogens (tertiary/aromatic N) is 1. The number of unbranched alkanes of at least 4 members (excludes halogenated alkanes) is 3. The lowest BCUT2D eigenvalue weighted by molar-refractivity contribution is -0.129. The zero-order valence-electron chi connectivity index (χ0n) is 15.8. The van der Waals surface area contributed by atoms with E-state index in [-0.39, 0.29) is 11.8 Å². The highest BCUT2D eigenvalue weighted by Gasteiger charge is 2.11. The molecule has 0 bridgehead atoms. The highest BCUT2D eigenvalue weighted by Crippen LogP contribution is 2.18. The second-order valence-corrected chi connectivity index (χ2v) is 6.62. The smallest absolute Gasteiger partial charge is 0.251 e. The van der Waals surface area contributed by atoms with Gasteiger partial charge in [-0.1, -0.05) is 31.0 Å². The van der Waals surface area contributed by atoms with Crippen molar-refractivity contribution in [3.8, 4) is 0 Å². The van der Waals surface area contributed by atoms with E-state index in [9.17, 15) is 14.7 Å². The first-order valence-corrected chi connectivity index (χ1v) is 9.49. The fourth-order valence-corrected chi connectivity index (χ4v) is 2.82. The number of hydrogen-bond acceptors (Lipinski definition) is 5. The average molecular weight is 385 g/mol. The van der Waals surface area contributed by atoms with Crippen molar-refractivity contribution in [2.24, 2.45) is 0 Å². The van der Waals surface area contributed by atoms with Crippen LogP contribution in [0.1, 0.15) is 59.8 Å². The van der Waals surface area contributed by atoms with Gasteiger partial charge >= 0.3 is 0 Å². The molecule has 1 heterocycles. The Morgan fingerprint density at radius 3 is 2.43 bits per heavy atom. The lowest BCUT2D eigenvalue weighted by Gasteiger charge is -2.11. The van der Waals surface area contributed by atoms with Crippen LogP contribution in [0, 0.1) is 0 Å². The third kappa shape index (κ3) is 7.46. The van der Waals surface area contributed by atoms with Gasteiger partial charge in [-0.05, 0) is 42.7 Å². The molecule has 1 aromatic heterocycles. The number of aromatic nitrogens is 1. The molecule has 2 amide bonds. The molecular weight excluding hydrogens is 358 g/mol. The molecule has 2 rings (SSSR count). The summed E-state index contributed by atoms with van der Waals surface area (Å²) in [7, 11) is 0. The monoisotopic (exact) mass is 385 g/mol. The molecule has 0 radical (unpaired) electrons. The molecule has 1 aromatic carbocycles. The number of pyridine rings is 1. The number of carbonyl (C=O) groups is 2. The number of benzene rings is 1. The lowest BCUT2D eigenvalue weighted by Crippen LogP contribution is -2.24. The Labute approximate surface area is 164 Å². The Morgan fingerprint density at radius 2 is 1.75 bits per heavy atom. The maximum absolute atomic E-state index is 12.2. The van der Waals surface area contributed by atoms with Gasteiger partial charge in [0.2, 0.25) is 5.91 Å². The van der Waals surface area contributed by atoms with E-state index >= 15 is 0 Å². The van der Waals surface area contributed by atoms with Crippen molar-refractivity contribution >= 4 is 11.8 Å². The minimum atomic E-state index is -0.667. The van der Waals surface area contributed by atoms with Gasteiger partial charge in [-0.2, -0.15) is 0 Å². The number of carbonyl (C=O) groups excluding carboxylic acids is 2. The van der Waals surface area contributed by atoms with Crippen molar-refractivity contribution in [1.29, 1.82) is 0 Å². The molecular formula is C21H27N3O4. The van der Waals surface area contributed by atoms with Crippen LogP contribution in [-0.4, -0.2) is 33.7 Å². The van der Waals surface area contributed by atoms with Crippen molar-refractivity contribution in [1.82, 2.24) is 15.8 Å². The molecule has 0 aliphatic rings. The molecule has 28 heavy (non-hydrogen) atoms. The molecule has 1 atom stereocenters. The molecule has 150 valence electrons. The van der Waals surface area contributed by atoms with Crippen LogP contribution in [0.4, 0.5) is 0 Å². The first kappa shape index (κ1) is 21.5. The summed E-state index contributed by atoms with van der Waals surface area (Å²) in [5.74, 6) is -0.521. The quantitative estimate of drug-likeness (QED) is 0.270. The maximum atomic E-state index is 12.2. The standard InChI is InChI=1S/C21H27N3O4/c25-19(15-18-7-4-6-13-22-18)16-9-11-17(12-10-16)21(27)23-14-5-2-1-3-8-20(26)24-28/h4,6-7,9-13,19,25,28H,1-3,5,8,14-15H2,(H,23,27)(H,24,26). The molecule has 7 heteroatoms. The van der Waals surface area contributed by atoms with E-state index in [1.54, 1.807) is 35.9 Å². The molecule has 0 spiro atoms. The minimum Gasteiger partial charge on any atom is -0.388 e. The Balaban J connectivity index is 1.69. The van der Waals surface area contributed by atoms with Crippen LogP contribution in [0.25, 0.3) is 0 Å². The summed E-state index contributed by atoms with van der Waals surface area (Å²) in [4.78, 5) is 27.2. The summed E-state index contributed by atoms with van der Waals surface area (Å²) in [6, 6.07) is 12.5. The summed E-state index contributed by atoms with van der Waals surface area (Å²) in [5, 5.41) is 21.6. The van der Waals surface area contributed by atoms with E-state index in [0.29, 0.717) is 31.4 Å². The number of nitrogens with one attached hydrogen (secondary N) is 2. The van der Waals surface area contributed by atoms with E-state index in [4.69, 9.17) is 5.21 Å². The summed E-state index contributed by atoms with van der Waals surface area (Å²) < 4.78 is 0. The summed E-state index contributed by atoms with van der Waals surface area (Å²) in [6.07, 6.45) is 5.06. The number of hydrogen-bond donors (Lipinski definition) is 4. The fraction of sp³-hybridized carbons (Fsp3) is 0.381. The van der Waals surface area contributed by atoms with E-state index in [1.165, 1.54) is 0 Å². The second-order valence-electron chi connectivity index (χ2n) is 6.62. The highest BCUT2D eigenvalue weighted by molar-refractivity contribution is 5.94. The number of rotatable bonds is 11. The van der Waals surface area contributed by atoms with E-state index in [0.717, 1.165) is 30.5 Å². The van der Waals surface area contributed by atoms with Gasteiger partial charge in [0.15, 0.2) is 0 Å². The summed E-state index contributed by atoms with van der Waals surface area (Å²) in [5.41, 5.74) is 3.72. The Hall–Kier alpha value is -2.77. The molecule has 0 fully saturated rings. The average Bonchev–Trinajstić information content (AvgIpc) is 2.73. The van der Waals surface area contributed by atoms with Gasteiger partial charge in [-0.25, -0.2) is 5.48 Å². The van der Waals surface area contributed by atoms with Crippen molar-refractivity contribution in [3.63, 3.8) is 0 Å². The zero-order chi connectivity index (χ0) is 20.2. The maximum Gasteiger partial charge on any atom is 0.251 e. The largest absolute Gasteiger partial charge is 0.388 e.